The fourth-order valence-electron chi connectivity index (χ4n) is 3.64. The Balaban J connectivity index is 1.60. The number of anilines is 1. The molecule has 1 aliphatic rings. The lowest BCUT2D eigenvalue weighted by Gasteiger charge is -2.39. The van der Waals surface area contributed by atoms with Crippen molar-refractivity contribution in [2.75, 3.05) is 44.7 Å². The number of amides is 2. The van der Waals surface area contributed by atoms with Crippen LogP contribution in [0.1, 0.15) is 32.6 Å². The minimum Gasteiger partial charge on any atom is -0.497 e. The van der Waals surface area contributed by atoms with Gasteiger partial charge < -0.3 is 24.7 Å². The first kappa shape index (κ1) is 22.7. The van der Waals surface area contributed by atoms with Crippen molar-refractivity contribution in [1.82, 2.24) is 15.5 Å². The Kier molecular flexibility index (Phi) is 7.22. The summed E-state index contributed by atoms with van der Waals surface area (Å²) in [4.78, 5) is 29.0. The maximum Gasteiger partial charge on any atom is 0.309 e. The predicted molar refractivity (Wildman–Crippen MR) is 119 cm³/mol. The molecule has 0 bridgehead atoms. The number of methoxy groups -OCH3 is 1. The molecular formula is C23H32N4O4. The van der Waals surface area contributed by atoms with Gasteiger partial charge in [-0.3, -0.25) is 14.5 Å². The molecule has 0 saturated carbocycles. The highest BCUT2D eigenvalue weighted by Gasteiger charge is 2.28. The molecule has 1 aromatic carbocycles. The Morgan fingerprint density at radius 1 is 1.06 bits per heavy atom. The van der Waals surface area contributed by atoms with Gasteiger partial charge in [0.2, 0.25) is 0 Å². The van der Waals surface area contributed by atoms with Crippen LogP contribution in [0.4, 0.5) is 5.69 Å². The highest BCUT2D eigenvalue weighted by atomic mass is 16.5. The summed E-state index contributed by atoms with van der Waals surface area (Å²) in [5.74, 6) is 0.347. The standard InChI is InChI=1S/C23H32N4O4/c1-23(2,3)25-22(29)21(28)24-16-19(20-6-5-15-31-20)27-13-11-26(12-14-27)17-7-9-18(30-4)10-8-17/h5-10,15,19H,11-14,16H2,1-4H3,(H,24,28)(H,25,29). The van der Waals surface area contributed by atoms with Crippen LogP contribution in [0.25, 0.3) is 0 Å². The number of hydrogen-bond donors (Lipinski definition) is 2. The highest BCUT2D eigenvalue weighted by molar-refractivity contribution is 6.35. The fraction of sp³-hybridized carbons (Fsp3) is 0.478. The monoisotopic (exact) mass is 428 g/mol. The molecule has 1 fully saturated rings. The number of nitrogens with one attached hydrogen (secondary N) is 2. The molecule has 2 amide bonds. The number of carbonyl (C=O) groups is 2. The zero-order chi connectivity index (χ0) is 22.4. The van der Waals surface area contributed by atoms with E-state index in [-0.39, 0.29) is 6.04 Å². The second-order valence-corrected chi connectivity index (χ2v) is 8.67. The van der Waals surface area contributed by atoms with Crippen LogP contribution >= 0.6 is 0 Å². The predicted octanol–water partition coefficient (Wildman–Crippen LogP) is 2.18. The third-order valence-corrected chi connectivity index (χ3v) is 5.21. The molecule has 8 heteroatoms. The second kappa shape index (κ2) is 9.87. The molecule has 8 nitrogen and oxygen atoms in total. The smallest absolute Gasteiger partial charge is 0.309 e. The van der Waals surface area contributed by atoms with Crippen molar-refractivity contribution in [1.29, 1.82) is 0 Å². The van der Waals surface area contributed by atoms with Gasteiger partial charge in [0.1, 0.15) is 11.5 Å². The first-order valence-electron chi connectivity index (χ1n) is 10.5. The van der Waals surface area contributed by atoms with E-state index in [1.807, 2.05) is 45.0 Å². The van der Waals surface area contributed by atoms with E-state index in [4.69, 9.17) is 9.15 Å². The SMILES string of the molecule is COc1ccc(N2CCN(C(CNC(=O)C(=O)NC(C)(C)C)c3ccco3)CC2)cc1. The lowest BCUT2D eigenvalue weighted by molar-refractivity contribution is -0.140. The molecule has 0 radical (unpaired) electrons. The molecule has 168 valence electrons. The summed E-state index contributed by atoms with van der Waals surface area (Å²) < 4.78 is 10.9. The van der Waals surface area contributed by atoms with Crippen LogP contribution in [0.3, 0.4) is 0 Å². The summed E-state index contributed by atoms with van der Waals surface area (Å²) in [6.45, 7) is 9.13. The number of nitrogens with zero attached hydrogens (tertiary/aromatic N) is 2. The molecule has 2 heterocycles. The van der Waals surface area contributed by atoms with Gasteiger partial charge in [0.15, 0.2) is 0 Å². The normalized spacial score (nSPS) is 15.9. The zero-order valence-electron chi connectivity index (χ0n) is 18.7. The molecule has 0 aliphatic carbocycles. The lowest BCUT2D eigenvalue weighted by atomic mass is 10.1. The number of furan rings is 1. The van der Waals surface area contributed by atoms with Crippen LogP contribution in [0, 0.1) is 0 Å². The van der Waals surface area contributed by atoms with Crippen LogP contribution in [0.2, 0.25) is 0 Å². The van der Waals surface area contributed by atoms with Crippen LogP contribution in [0.15, 0.2) is 47.1 Å². The Hall–Kier alpha value is -3.00. The average Bonchev–Trinajstić information content (AvgIpc) is 3.27. The summed E-state index contributed by atoms with van der Waals surface area (Å²) in [6, 6.07) is 11.7. The lowest BCUT2D eigenvalue weighted by Crippen LogP contribution is -2.52. The summed E-state index contributed by atoms with van der Waals surface area (Å²) >= 11 is 0. The highest BCUT2D eigenvalue weighted by Crippen LogP contribution is 2.25. The molecule has 3 rings (SSSR count). The third-order valence-electron chi connectivity index (χ3n) is 5.21. The Morgan fingerprint density at radius 2 is 1.74 bits per heavy atom. The second-order valence-electron chi connectivity index (χ2n) is 8.67. The van der Waals surface area contributed by atoms with E-state index in [0.717, 1.165) is 43.4 Å². The van der Waals surface area contributed by atoms with E-state index >= 15 is 0 Å². The van der Waals surface area contributed by atoms with Gasteiger partial charge in [-0.1, -0.05) is 0 Å². The summed E-state index contributed by atoms with van der Waals surface area (Å²) in [5.41, 5.74) is 0.689. The molecule has 1 saturated heterocycles. The number of piperazine rings is 1. The topological polar surface area (TPSA) is 87.0 Å². The van der Waals surface area contributed by atoms with Crippen molar-refractivity contribution < 1.29 is 18.7 Å². The maximum absolute atomic E-state index is 12.3. The van der Waals surface area contributed by atoms with Crippen molar-refractivity contribution >= 4 is 17.5 Å². The molecular weight excluding hydrogens is 396 g/mol. The van der Waals surface area contributed by atoms with Crippen LogP contribution < -0.4 is 20.3 Å². The third kappa shape index (κ3) is 6.24. The average molecular weight is 429 g/mol. The Morgan fingerprint density at radius 3 is 2.29 bits per heavy atom. The van der Waals surface area contributed by atoms with Gasteiger partial charge in [-0.05, 0) is 57.2 Å². The number of carbonyl (C=O) groups excluding carboxylic acids is 2. The van der Waals surface area contributed by atoms with E-state index in [2.05, 4.69) is 32.6 Å². The number of hydrogen-bond acceptors (Lipinski definition) is 6. The number of benzene rings is 1. The Bertz CT molecular complexity index is 851. The number of ether oxygens (including phenoxy) is 1. The quantitative estimate of drug-likeness (QED) is 0.686. The molecule has 2 N–H and O–H groups in total. The maximum atomic E-state index is 12.3. The van der Waals surface area contributed by atoms with Crippen molar-refractivity contribution in [2.24, 2.45) is 0 Å². The Labute approximate surface area is 183 Å². The summed E-state index contributed by atoms with van der Waals surface area (Å²) in [7, 11) is 1.66. The molecule has 0 spiro atoms. The van der Waals surface area contributed by atoms with Crippen LogP contribution in [-0.2, 0) is 9.59 Å². The van der Waals surface area contributed by atoms with E-state index in [0.29, 0.717) is 6.54 Å². The minimum absolute atomic E-state index is 0.139. The van der Waals surface area contributed by atoms with Gasteiger partial charge >= 0.3 is 11.8 Å². The van der Waals surface area contributed by atoms with Crippen molar-refractivity contribution in [3.63, 3.8) is 0 Å². The molecule has 1 aliphatic heterocycles. The van der Waals surface area contributed by atoms with Crippen molar-refractivity contribution in [2.45, 2.75) is 32.4 Å². The first-order valence-corrected chi connectivity index (χ1v) is 10.5. The summed E-state index contributed by atoms with van der Waals surface area (Å²) in [6.07, 6.45) is 1.63. The molecule has 1 unspecified atom stereocenters. The van der Waals surface area contributed by atoms with E-state index in [9.17, 15) is 9.59 Å². The molecule has 1 atom stereocenters. The number of rotatable bonds is 6. The zero-order valence-corrected chi connectivity index (χ0v) is 18.7. The van der Waals surface area contributed by atoms with Crippen LogP contribution in [0.5, 0.6) is 5.75 Å². The van der Waals surface area contributed by atoms with Gasteiger partial charge in [0, 0.05) is 44.0 Å². The largest absolute Gasteiger partial charge is 0.497 e. The van der Waals surface area contributed by atoms with E-state index in [1.54, 1.807) is 13.4 Å². The van der Waals surface area contributed by atoms with Crippen LogP contribution in [-0.4, -0.2) is 62.1 Å². The van der Waals surface area contributed by atoms with Gasteiger partial charge in [0.05, 0.1) is 19.4 Å². The van der Waals surface area contributed by atoms with Gasteiger partial charge in [-0.15, -0.1) is 0 Å². The minimum atomic E-state index is -0.636. The molecule has 1 aromatic heterocycles. The van der Waals surface area contributed by atoms with E-state index < -0.39 is 17.4 Å². The molecule has 2 aromatic rings. The fourth-order valence-corrected chi connectivity index (χ4v) is 3.64. The van der Waals surface area contributed by atoms with Gasteiger partial charge in [-0.25, -0.2) is 0 Å². The van der Waals surface area contributed by atoms with Crippen molar-refractivity contribution in [3.05, 3.63) is 48.4 Å². The first-order chi connectivity index (χ1) is 14.8. The van der Waals surface area contributed by atoms with E-state index in [1.165, 1.54) is 0 Å². The van der Waals surface area contributed by atoms with Crippen molar-refractivity contribution in [3.8, 4) is 5.75 Å². The van der Waals surface area contributed by atoms with Gasteiger partial charge in [0.25, 0.3) is 0 Å². The van der Waals surface area contributed by atoms with Gasteiger partial charge in [-0.2, -0.15) is 0 Å². The molecule has 31 heavy (non-hydrogen) atoms. The summed E-state index contributed by atoms with van der Waals surface area (Å²) in [5, 5.41) is 5.45.